The van der Waals surface area contributed by atoms with Crippen molar-refractivity contribution in [1.29, 1.82) is 0 Å². The molecule has 0 atom stereocenters. The Morgan fingerprint density at radius 1 is 1.06 bits per heavy atom. The number of fused-ring (bicyclic) bond motifs is 1. The zero-order valence-electron chi connectivity index (χ0n) is 18.4. The number of aromatic nitrogens is 5. The Morgan fingerprint density at radius 3 is 2.64 bits per heavy atom. The summed E-state index contributed by atoms with van der Waals surface area (Å²) in [5.41, 5.74) is 8.83. The summed E-state index contributed by atoms with van der Waals surface area (Å²) in [7, 11) is 0. The molecule has 1 aromatic carbocycles. The van der Waals surface area contributed by atoms with E-state index in [4.69, 9.17) is 0 Å². The number of nitrogens with one attached hydrogen (secondary N) is 2. The van der Waals surface area contributed by atoms with E-state index >= 15 is 0 Å². The summed E-state index contributed by atoms with van der Waals surface area (Å²) in [6.45, 7) is 7.74. The molecule has 4 heterocycles. The quantitative estimate of drug-likeness (QED) is 0.314. The van der Waals surface area contributed by atoms with Crippen LogP contribution in [0.15, 0.2) is 79.8 Å². The van der Waals surface area contributed by atoms with E-state index in [1.807, 2.05) is 50.3 Å². The van der Waals surface area contributed by atoms with Crippen molar-refractivity contribution in [2.45, 2.75) is 13.8 Å². The molecule has 0 saturated heterocycles. The maximum atomic E-state index is 14.1. The fraction of sp³-hybridized carbons (Fsp3) is 0.0741. The summed E-state index contributed by atoms with van der Waals surface area (Å²) >= 11 is 0. The van der Waals surface area contributed by atoms with Crippen molar-refractivity contribution in [1.82, 2.24) is 25.1 Å². The lowest BCUT2D eigenvalue weighted by molar-refractivity contribution is 0.626. The van der Waals surface area contributed by atoms with Crippen molar-refractivity contribution in [2.75, 3.05) is 0 Å². The standard InChI is InChI=1S/C27H22FN5/c1-4-5-21(19-10-16(2)11-20(28)12-19)22-13-25(31-17(22)3)27-23-14-24(18-6-8-29-9-7-18)30-15-26(23)32-33-27/h4-15,31H,1H2,2-3H3,(H,32,33)/b21-5-. The van der Waals surface area contributed by atoms with Crippen LogP contribution in [0.2, 0.25) is 0 Å². The largest absolute Gasteiger partial charge is 0.357 e. The maximum absolute atomic E-state index is 14.1. The second-order valence-corrected chi connectivity index (χ2v) is 7.98. The monoisotopic (exact) mass is 435 g/mol. The number of allylic oxidation sites excluding steroid dienone is 2. The van der Waals surface area contributed by atoms with Crippen molar-refractivity contribution in [2.24, 2.45) is 0 Å². The van der Waals surface area contributed by atoms with Crippen molar-refractivity contribution in [3.63, 3.8) is 0 Å². The predicted octanol–water partition coefficient (Wildman–Crippen LogP) is 6.39. The number of hydrogen-bond acceptors (Lipinski definition) is 3. The Morgan fingerprint density at radius 2 is 1.88 bits per heavy atom. The first-order valence-corrected chi connectivity index (χ1v) is 10.6. The second-order valence-electron chi connectivity index (χ2n) is 7.98. The van der Waals surface area contributed by atoms with E-state index in [2.05, 4.69) is 31.7 Å². The smallest absolute Gasteiger partial charge is 0.124 e. The zero-order valence-corrected chi connectivity index (χ0v) is 18.4. The fourth-order valence-electron chi connectivity index (χ4n) is 4.12. The number of benzene rings is 1. The molecule has 0 amide bonds. The Labute approximate surface area is 190 Å². The third-order valence-electron chi connectivity index (χ3n) is 5.62. The highest BCUT2D eigenvalue weighted by atomic mass is 19.1. The summed E-state index contributed by atoms with van der Waals surface area (Å²) in [5.74, 6) is -0.261. The summed E-state index contributed by atoms with van der Waals surface area (Å²) in [5, 5.41) is 8.58. The van der Waals surface area contributed by atoms with E-state index in [1.54, 1.807) is 30.7 Å². The molecular weight excluding hydrogens is 413 g/mol. The zero-order chi connectivity index (χ0) is 22.9. The van der Waals surface area contributed by atoms with Crippen molar-refractivity contribution < 1.29 is 4.39 Å². The SMILES string of the molecule is C=C/C=C(/c1cc(C)cc(F)c1)c1cc(-c2n[nH]c3cnc(-c4ccncc4)cc23)[nH]c1C. The highest BCUT2D eigenvalue weighted by Gasteiger charge is 2.17. The molecule has 5 rings (SSSR count). The van der Waals surface area contributed by atoms with Crippen LogP contribution in [-0.2, 0) is 0 Å². The molecule has 0 fully saturated rings. The van der Waals surface area contributed by atoms with E-state index < -0.39 is 0 Å². The van der Waals surface area contributed by atoms with Crippen molar-refractivity contribution in [3.05, 3.63) is 108 Å². The second kappa shape index (κ2) is 8.31. The Balaban J connectivity index is 1.62. The number of pyridine rings is 2. The number of H-pyrrole nitrogens is 2. The molecule has 0 bridgehead atoms. The lowest BCUT2D eigenvalue weighted by Crippen LogP contribution is -1.91. The molecule has 0 unspecified atom stereocenters. The third kappa shape index (κ3) is 3.87. The molecule has 0 aliphatic carbocycles. The summed E-state index contributed by atoms with van der Waals surface area (Å²) in [4.78, 5) is 12.1. The van der Waals surface area contributed by atoms with Gasteiger partial charge in [0.05, 0.1) is 23.1 Å². The van der Waals surface area contributed by atoms with Crippen LogP contribution in [-0.4, -0.2) is 25.1 Å². The number of hydrogen-bond donors (Lipinski definition) is 2. The van der Waals surface area contributed by atoms with E-state index in [-0.39, 0.29) is 5.82 Å². The van der Waals surface area contributed by atoms with E-state index in [1.165, 1.54) is 6.07 Å². The number of aromatic amines is 2. The minimum atomic E-state index is -0.261. The van der Waals surface area contributed by atoms with Gasteiger partial charge in [0.2, 0.25) is 0 Å². The van der Waals surface area contributed by atoms with Crippen molar-refractivity contribution >= 4 is 16.5 Å². The number of aryl methyl sites for hydroxylation is 2. The molecule has 0 aliphatic heterocycles. The Kier molecular flexibility index (Phi) is 5.18. The number of nitrogens with zero attached hydrogens (tertiary/aromatic N) is 3. The van der Waals surface area contributed by atoms with Gasteiger partial charge in [-0.05, 0) is 66.9 Å². The number of halogens is 1. The van der Waals surface area contributed by atoms with Crippen LogP contribution in [0.4, 0.5) is 4.39 Å². The minimum Gasteiger partial charge on any atom is -0.357 e. The summed E-state index contributed by atoms with van der Waals surface area (Å²) in [6.07, 6.45) is 8.91. The van der Waals surface area contributed by atoms with Crippen LogP contribution >= 0.6 is 0 Å². The lowest BCUT2D eigenvalue weighted by atomic mass is 9.96. The van der Waals surface area contributed by atoms with E-state index in [9.17, 15) is 4.39 Å². The van der Waals surface area contributed by atoms with Gasteiger partial charge in [-0.15, -0.1) is 0 Å². The molecule has 4 aromatic heterocycles. The predicted molar refractivity (Wildman–Crippen MR) is 130 cm³/mol. The fourth-order valence-corrected chi connectivity index (χ4v) is 4.12. The van der Waals surface area contributed by atoms with E-state index in [0.717, 1.165) is 61.5 Å². The van der Waals surface area contributed by atoms with Gasteiger partial charge in [-0.2, -0.15) is 5.10 Å². The topological polar surface area (TPSA) is 70.2 Å². The van der Waals surface area contributed by atoms with Gasteiger partial charge < -0.3 is 4.98 Å². The van der Waals surface area contributed by atoms with Gasteiger partial charge in [-0.3, -0.25) is 15.1 Å². The Bertz CT molecular complexity index is 1490. The summed E-state index contributed by atoms with van der Waals surface area (Å²) < 4.78 is 14.1. The first-order valence-electron chi connectivity index (χ1n) is 10.6. The minimum absolute atomic E-state index is 0.261. The normalized spacial score (nSPS) is 11.8. The molecule has 6 heteroatoms. The summed E-state index contributed by atoms with van der Waals surface area (Å²) in [6, 6.07) is 13.0. The molecule has 0 spiro atoms. The first kappa shape index (κ1) is 20.6. The molecule has 5 aromatic rings. The van der Waals surface area contributed by atoms with E-state index in [0.29, 0.717) is 0 Å². The highest BCUT2D eigenvalue weighted by Crippen LogP contribution is 2.34. The number of rotatable bonds is 5. The van der Waals surface area contributed by atoms with Crippen molar-refractivity contribution in [3.8, 4) is 22.6 Å². The van der Waals surface area contributed by atoms with Crippen LogP contribution in [0.25, 0.3) is 39.1 Å². The highest BCUT2D eigenvalue weighted by molar-refractivity contribution is 5.95. The molecule has 162 valence electrons. The average Bonchev–Trinajstić information content (AvgIpc) is 3.40. The van der Waals surface area contributed by atoms with Crippen LogP contribution in [0.1, 0.15) is 22.4 Å². The maximum Gasteiger partial charge on any atom is 0.124 e. The molecule has 33 heavy (non-hydrogen) atoms. The Hall–Kier alpha value is -4.32. The van der Waals surface area contributed by atoms with Gasteiger partial charge in [0.1, 0.15) is 11.5 Å². The first-order chi connectivity index (χ1) is 16.0. The molecule has 5 nitrogen and oxygen atoms in total. The average molecular weight is 436 g/mol. The van der Waals surface area contributed by atoms with Crippen LogP contribution in [0.3, 0.4) is 0 Å². The van der Waals surface area contributed by atoms with Gasteiger partial charge in [0.15, 0.2) is 0 Å². The van der Waals surface area contributed by atoms with Gasteiger partial charge in [0.25, 0.3) is 0 Å². The van der Waals surface area contributed by atoms with Gasteiger partial charge in [-0.1, -0.05) is 24.8 Å². The van der Waals surface area contributed by atoms with Gasteiger partial charge in [0, 0.05) is 34.6 Å². The van der Waals surface area contributed by atoms with Gasteiger partial charge in [-0.25, -0.2) is 4.39 Å². The van der Waals surface area contributed by atoms with Crippen LogP contribution < -0.4 is 0 Å². The lowest BCUT2D eigenvalue weighted by Gasteiger charge is -2.09. The molecular formula is C27H22FN5. The molecule has 0 aliphatic rings. The van der Waals surface area contributed by atoms with Crippen LogP contribution in [0, 0.1) is 19.7 Å². The third-order valence-corrected chi connectivity index (χ3v) is 5.62. The van der Waals surface area contributed by atoms with Crippen LogP contribution in [0.5, 0.6) is 0 Å². The molecule has 2 N–H and O–H groups in total. The molecule has 0 saturated carbocycles. The van der Waals surface area contributed by atoms with Gasteiger partial charge >= 0.3 is 0 Å². The molecule has 0 radical (unpaired) electrons.